The van der Waals surface area contributed by atoms with Crippen LogP contribution in [0.5, 0.6) is 0 Å². The van der Waals surface area contributed by atoms with Crippen molar-refractivity contribution in [3.8, 4) is 0 Å². The Labute approximate surface area is 154 Å². The molecule has 0 N–H and O–H groups in total. The Bertz CT molecular complexity index is 524. The molecule has 0 amide bonds. The molecule has 2 heteroatoms. The highest BCUT2D eigenvalue weighted by Gasteiger charge is 2.61. The van der Waals surface area contributed by atoms with Crippen LogP contribution in [0, 0.1) is 40.4 Å². The van der Waals surface area contributed by atoms with Crippen LogP contribution in [-0.2, 0) is 9.47 Å². The molecule has 25 heavy (non-hydrogen) atoms. The molecule has 7 atom stereocenters. The maximum atomic E-state index is 6.10. The number of ether oxygens (including phenoxy) is 2. The van der Waals surface area contributed by atoms with Crippen LogP contribution in [0.3, 0.4) is 0 Å². The van der Waals surface area contributed by atoms with E-state index < -0.39 is 0 Å². The number of hydrogen-bond donors (Lipinski definition) is 0. The zero-order valence-corrected chi connectivity index (χ0v) is 16.7. The first-order valence-electron chi connectivity index (χ1n) is 11.3. The lowest BCUT2D eigenvalue weighted by atomic mass is 9.44. The molecule has 2 nitrogen and oxygen atoms in total. The van der Waals surface area contributed by atoms with Gasteiger partial charge in [0.05, 0.1) is 13.2 Å². The molecular formula is C23H38O2. The third-order valence-corrected chi connectivity index (χ3v) is 10.2. The highest BCUT2D eigenvalue weighted by atomic mass is 16.7. The Morgan fingerprint density at radius 1 is 0.800 bits per heavy atom. The summed E-state index contributed by atoms with van der Waals surface area (Å²) in [6, 6.07) is 0. The standard InChI is InChI=1S/C23H38O2/c1-4-16-6-8-19-18-7-5-17-15-23(24-13-14-25-23)12-11-22(17,3)20(18)9-10-21(16,19)2/h16-20H,4-15H2,1-3H3. The van der Waals surface area contributed by atoms with Gasteiger partial charge in [0, 0.05) is 12.8 Å². The number of rotatable bonds is 1. The van der Waals surface area contributed by atoms with E-state index in [4.69, 9.17) is 9.47 Å². The lowest BCUT2D eigenvalue weighted by molar-refractivity contribution is -0.229. The van der Waals surface area contributed by atoms with E-state index in [0.29, 0.717) is 10.8 Å². The normalized spacial score (nSPS) is 54.1. The molecule has 4 saturated carbocycles. The Kier molecular flexibility index (Phi) is 3.89. The van der Waals surface area contributed by atoms with Gasteiger partial charge in [-0.1, -0.05) is 27.2 Å². The summed E-state index contributed by atoms with van der Waals surface area (Å²) in [5.41, 5.74) is 1.21. The lowest BCUT2D eigenvalue weighted by Gasteiger charge is -2.62. The zero-order valence-electron chi connectivity index (χ0n) is 16.7. The fourth-order valence-electron chi connectivity index (χ4n) is 8.74. The molecule has 1 aliphatic heterocycles. The SMILES string of the molecule is CCC1CCC2C3CCC4CC5(CCC4(C)C3CCC12C)OCCO5. The molecule has 0 radical (unpaired) electrons. The van der Waals surface area contributed by atoms with E-state index in [9.17, 15) is 0 Å². The second-order valence-electron chi connectivity index (χ2n) is 10.7. The first kappa shape index (κ1) is 17.0. The van der Waals surface area contributed by atoms with Gasteiger partial charge < -0.3 is 9.47 Å². The summed E-state index contributed by atoms with van der Waals surface area (Å²) in [5, 5.41) is 0. The van der Waals surface area contributed by atoms with Gasteiger partial charge in [-0.25, -0.2) is 0 Å². The fraction of sp³-hybridized carbons (Fsp3) is 1.00. The van der Waals surface area contributed by atoms with Crippen LogP contribution in [-0.4, -0.2) is 19.0 Å². The summed E-state index contributed by atoms with van der Waals surface area (Å²) in [4.78, 5) is 0. The molecule has 5 fully saturated rings. The minimum absolute atomic E-state index is 0.194. The Balaban J connectivity index is 1.39. The van der Waals surface area contributed by atoms with Crippen LogP contribution in [0.2, 0.25) is 0 Å². The van der Waals surface area contributed by atoms with Gasteiger partial charge in [0.25, 0.3) is 0 Å². The van der Waals surface area contributed by atoms with Crippen molar-refractivity contribution >= 4 is 0 Å². The van der Waals surface area contributed by atoms with Crippen LogP contribution in [0.25, 0.3) is 0 Å². The van der Waals surface area contributed by atoms with Crippen molar-refractivity contribution in [2.45, 2.75) is 90.8 Å². The predicted octanol–water partition coefficient (Wildman–Crippen LogP) is 5.80. The molecule has 0 bridgehead atoms. The zero-order chi connectivity index (χ0) is 17.3. The van der Waals surface area contributed by atoms with Gasteiger partial charge in [0.15, 0.2) is 5.79 Å². The molecule has 4 aliphatic carbocycles. The average molecular weight is 347 g/mol. The summed E-state index contributed by atoms with van der Waals surface area (Å²) in [6.45, 7) is 9.39. The maximum absolute atomic E-state index is 6.10. The number of hydrogen-bond acceptors (Lipinski definition) is 2. The van der Waals surface area contributed by atoms with Crippen molar-refractivity contribution < 1.29 is 9.47 Å². The van der Waals surface area contributed by atoms with E-state index in [-0.39, 0.29) is 5.79 Å². The smallest absolute Gasteiger partial charge is 0.168 e. The van der Waals surface area contributed by atoms with Gasteiger partial charge in [-0.15, -0.1) is 0 Å². The molecule has 1 spiro atoms. The van der Waals surface area contributed by atoms with E-state index in [1.165, 1.54) is 57.8 Å². The van der Waals surface area contributed by atoms with Crippen molar-refractivity contribution in [2.24, 2.45) is 40.4 Å². The average Bonchev–Trinajstić information content (AvgIpc) is 3.19. The van der Waals surface area contributed by atoms with E-state index in [2.05, 4.69) is 20.8 Å². The quantitative estimate of drug-likeness (QED) is 0.597. The highest BCUT2D eigenvalue weighted by molar-refractivity contribution is 5.10. The summed E-state index contributed by atoms with van der Waals surface area (Å²) in [6.07, 6.45) is 14.0. The van der Waals surface area contributed by atoms with Crippen LogP contribution >= 0.6 is 0 Å². The van der Waals surface area contributed by atoms with Crippen molar-refractivity contribution in [2.75, 3.05) is 13.2 Å². The monoisotopic (exact) mass is 346 g/mol. The Morgan fingerprint density at radius 3 is 2.32 bits per heavy atom. The highest BCUT2D eigenvalue weighted by Crippen LogP contribution is 2.68. The van der Waals surface area contributed by atoms with Gasteiger partial charge in [-0.3, -0.25) is 0 Å². The van der Waals surface area contributed by atoms with Crippen molar-refractivity contribution in [1.82, 2.24) is 0 Å². The molecule has 7 unspecified atom stereocenters. The second-order valence-corrected chi connectivity index (χ2v) is 10.7. The van der Waals surface area contributed by atoms with Crippen molar-refractivity contribution in [1.29, 1.82) is 0 Å². The molecule has 1 heterocycles. The van der Waals surface area contributed by atoms with Gasteiger partial charge in [-0.2, -0.15) is 0 Å². The Morgan fingerprint density at radius 2 is 1.56 bits per heavy atom. The fourth-order valence-corrected chi connectivity index (χ4v) is 8.74. The van der Waals surface area contributed by atoms with E-state index in [1.807, 2.05) is 0 Å². The molecule has 0 aromatic carbocycles. The topological polar surface area (TPSA) is 18.5 Å². The van der Waals surface area contributed by atoms with E-state index in [1.54, 1.807) is 0 Å². The van der Waals surface area contributed by atoms with Gasteiger partial charge >= 0.3 is 0 Å². The van der Waals surface area contributed by atoms with Crippen molar-refractivity contribution in [3.05, 3.63) is 0 Å². The molecule has 1 saturated heterocycles. The van der Waals surface area contributed by atoms with Gasteiger partial charge in [0.1, 0.15) is 0 Å². The molecule has 142 valence electrons. The largest absolute Gasteiger partial charge is 0.348 e. The molecule has 5 rings (SSSR count). The second kappa shape index (κ2) is 5.71. The minimum atomic E-state index is -0.194. The molecule has 0 aromatic heterocycles. The Hall–Kier alpha value is -0.0800. The van der Waals surface area contributed by atoms with Crippen molar-refractivity contribution in [3.63, 3.8) is 0 Å². The van der Waals surface area contributed by atoms with E-state index >= 15 is 0 Å². The summed E-state index contributed by atoms with van der Waals surface area (Å²) >= 11 is 0. The first-order chi connectivity index (χ1) is 12.0. The predicted molar refractivity (Wildman–Crippen MR) is 100 cm³/mol. The molecule has 0 aromatic rings. The lowest BCUT2D eigenvalue weighted by Crippen LogP contribution is -2.56. The third-order valence-electron chi connectivity index (χ3n) is 10.2. The summed E-state index contributed by atoms with van der Waals surface area (Å²) in [5.74, 6) is 4.63. The third kappa shape index (κ3) is 2.29. The van der Waals surface area contributed by atoms with Gasteiger partial charge in [0.2, 0.25) is 0 Å². The number of fused-ring (bicyclic) bond motifs is 5. The van der Waals surface area contributed by atoms with Gasteiger partial charge in [-0.05, 0) is 85.4 Å². The van der Waals surface area contributed by atoms with Crippen LogP contribution in [0.1, 0.15) is 85.0 Å². The maximum Gasteiger partial charge on any atom is 0.168 e. The van der Waals surface area contributed by atoms with Crippen LogP contribution in [0.4, 0.5) is 0 Å². The molecule has 5 aliphatic rings. The first-order valence-corrected chi connectivity index (χ1v) is 11.3. The molecular weight excluding hydrogens is 308 g/mol. The minimum Gasteiger partial charge on any atom is -0.348 e. The summed E-state index contributed by atoms with van der Waals surface area (Å²) < 4.78 is 12.2. The van der Waals surface area contributed by atoms with Crippen LogP contribution < -0.4 is 0 Å². The van der Waals surface area contributed by atoms with E-state index in [0.717, 1.165) is 49.2 Å². The van der Waals surface area contributed by atoms with Crippen LogP contribution in [0.15, 0.2) is 0 Å². The summed E-state index contributed by atoms with van der Waals surface area (Å²) in [7, 11) is 0.